The highest BCUT2D eigenvalue weighted by Crippen LogP contribution is 2.34. The van der Waals surface area contributed by atoms with Crippen LogP contribution in [0.15, 0.2) is 0 Å². The molecule has 0 aromatic carbocycles. The number of hydrogen-bond donors (Lipinski definition) is 1. The van der Waals surface area contributed by atoms with Crippen molar-refractivity contribution >= 4 is 11.5 Å². The molecule has 0 aromatic heterocycles. The molecule has 2 nitrogen and oxygen atoms in total. The summed E-state index contributed by atoms with van der Waals surface area (Å²) in [4.78, 5) is 11.8. The minimum atomic E-state index is -0.397. The minimum absolute atomic E-state index is 0.00470. The highest BCUT2D eigenvalue weighted by atomic mass is 16.1. The van der Waals surface area contributed by atoms with Crippen LogP contribution in [0.25, 0.3) is 0 Å². The molecule has 0 saturated carbocycles. The Labute approximate surface area is 87.6 Å². The third kappa shape index (κ3) is 4.03. The van der Waals surface area contributed by atoms with Crippen molar-refractivity contribution in [2.75, 3.05) is 0 Å². The second kappa shape index (κ2) is 4.24. The summed E-state index contributed by atoms with van der Waals surface area (Å²) >= 11 is 0. The third-order valence-corrected chi connectivity index (χ3v) is 2.21. The topological polar surface area (TPSA) is 40.9 Å². The van der Waals surface area contributed by atoms with Crippen molar-refractivity contribution < 1.29 is 4.79 Å². The number of carbonyl (C=O) groups is 1. The van der Waals surface area contributed by atoms with E-state index in [1.54, 1.807) is 0 Å². The van der Waals surface area contributed by atoms with Crippen LogP contribution in [0, 0.1) is 16.2 Å². The van der Waals surface area contributed by atoms with Gasteiger partial charge in [0.2, 0.25) is 0 Å². The molecule has 0 atom stereocenters. The Morgan fingerprint density at radius 3 is 1.86 bits per heavy atom. The maximum absolute atomic E-state index is 11.8. The standard InChI is InChI=1S/C12H23NO/c1-7-9(13)10(14)12(5,6)8-11(2,3)4/h13H,7-8H2,1-6H3. The number of Topliss-reactive ketones (excluding diaryl/α,β-unsaturated/α-hetero) is 1. The first kappa shape index (κ1) is 13.3. The Balaban J connectivity index is 4.62. The van der Waals surface area contributed by atoms with Crippen LogP contribution in [-0.4, -0.2) is 11.5 Å². The highest BCUT2D eigenvalue weighted by Gasteiger charge is 2.33. The lowest BCUT2D eigenvalue weighted by Crippen LogP contribution is -2.34. The second-order valence-corrected chi connectivity index (χ2v) is 5.78. The largest absolute Gasteiger partial charge is 0.302 e. The molecule has 1 N–H and O–H groups in total. The smallest absolute Gasteiger partial charge is 0.181 e. The van der Waals surface area contributed by atoms with Crippen LogP contribution in [0.5, 0.6) is 0 Å². The van der Waals surface area contributed by atoms with Crippen molar-refractivity contribution in [3.8, 4) is 0 Å². The van der Waals surface area contributed by atoms with Gasteiger partial charge in [0, 0.05) is 5.41 Å². The third-order valence-electron chi connectivity index (χ3n) is 2.21. The van der Waals surface area contributed by atoms with Gasteiger partial charge in [0.25, 0.3) is 0 Å². The lowest BCUT2D eigenvalue weighted by atomic mass is 9.72. The predicted octanol–water partition coefficient (Wildman–Crippen LogP) is 3.45. The van der Waals surface area contributed by atoms with E-state index in [9.17, 15) is 4.79 Å². The van der Waals surface area contributed by atoms with Crippen LogP contribution in [-0.2, 0) is 4.79 Å². The monoisotopic (exact) mass is 197 g/mol. The molecular weight excluding hydrogens is 174 g/mol. The molecule has 0 aliphatic carbocycles. The summed E-state index contributed by atoms with van der Waals surface area (Å²) < 4.78 is 0. The van der Waals surface area contributed by atoms with E-state index < -0.39 is 5.41 Å². The maximum Gasteiger partial charge on any atom is 0.181 e. The van der Waals surface area contributed by atoms with Crippen molar-refractivity contribution in [1.82, 2.24) is 0 Å². The molecule has 0 amide bonds. The molecule has 82 valence electrons. The summed E-state index contributed by atoms with van der Waals surface area (Å²) in [5.41, 5.74) is -0.0160. The number of carbonyl (C=O) groups excluding carboxylic acids is 1. The Hall–Kier alpha value is -0.660. The zero-order valence-electron chi connectivity index (χ0n) is 10.3. The first-order valence-corrected chi connectivity index (χ1v) is 5.22. The average molecular weight is 197 g/mol. The Morgan fingerprint density at radius 2 is 1.57 bits per heavy atom. The first-order chi connectivity index (χ1) is 6.10. The summed E-state index contributed by atoms with van der Waals surface area (Å²) in [5, 5.41) is 7.56. The van der Waals surface area contributed by atoms with E-state index in [4.69, 9.17) is 5.41 Å². The molecule has 0 aromatic rings. The molecule has 0 heterocycles. The van der Waals surface area contributed by atoms with Gasteiger partial charge in [-0.15, -0.1) is 0 Å². The fraction of sp³-hybridized carbons (Fsp3) is 0.833. The van der Waals surface area contributed by atoms with E-state index in [2.05, 4.69) is 20.8 Å². The van der Waals surface area contributed by atoms with E-state index in [1.165, 1.54) is 0 Å². The molecule has 14 heavy (non-hydrogen) atoms. The van der Waals surface area contributed by atoms with Gasteiger partial charge in [0.05, 0.1) is 5.71 Å². The Bertz CT molecular complexity index is 233. The van der Waals surface area contributed by atoms with Crippen LogP contribution < -0.4 is 0 Å². The molecule has 0 radical (unpaired) electrons. The molecular formula is C12H23NO. The molecule has 0 unspecified atom stereocenters. The second-order valence-electron chi connectivity index (χ2n) is 5.78. The Kier molecular flexibility index (Phi) is 4.04. The SMILES string of the molecule is CCC(=N)C(=O)C(C)(C)CC(C)(C)C. The van der Waals surface area contributed by atoms with Crippen LogP contribution in [0.3, 0.4) is 0 Å². The minimum Gasteiger partial charge on any atom is -0.302 e. The molecule has 0 saturated heterocycles. The first-order valence-electron chi connectivity index (χ1n) is 5.22. The van der Waals surface area contributed by atoms with Gasteiger partial charge in [0.1, 0.15) is 0 Å². The maximum atomic E-state index is 11.8. The summed E-state index contributed by atoms with van der Waals surface area (Å²) in [6.07, 6.45) is 1.35. The molecule has 0 aliphatic heterocycles. The lowest BCUT2D eigenvalue weighted by Gasteiger charge is -2.31. The zero-order chi connectivity index (χ0) is 11.6. The normalized spacial score (nSPS) is 12.7. The lowest BCUT2D eigenvalue weighted by molar-refractivity contribution is -0.121. The highest BCUT2D eigenvalue weighted by molar-refractivity contribution is 6.40. The van der Waals surface area contributed by atoms with E-state index in [0.717, 1.165) is 6.42 Å². The zero-order valence-corrected chi connectivity index (χ0v) is 10.3. The van der Waals surface area contributed by atoms with Crippen LogP contribution in [0.4, 0.5) is 0 Å². The Morgan fingerprint density at radius 1 is 1.14 bits per heavy atom. The van der Waals surface area contributed by atoms with Gasteiger partial charge in [-0.3, -0.25) is 4.79 Å². The van der Waals surface area contributed by atoms with E-state index in [0.29, 0.717) is 6.42 Å². The molecule has 0 spiro atoms. The number of nitrogens with one attached hydrogen (secondary N) is 1. The number of rotatable bonds is 4. The van der Waals surface area contributed by atoms with Crippen LogP contribution in [0.1, 0.15) is 54.4 Å². The fourth-order valence-electron chi connectivity index (χ4n) is 1.98. The molecule has 0 fully saturated rings. The van der Waals surface area contributed by atoms with Crippen LogP contribution in [0.2, 0.25) is 0 Å². The van der Waals surface area contributed by atoms with Gasteiger partial charge in [-0.25, -0.2) is 0 Å². The predicted molar refractivity (Wildman–Crippen MR) is 60.9 cm³/mol. The quantitative estimate of drug-likeness (QED) is 0.689. The number of hydrogen-bond acceptors (Lipinski definition) is 2. The van der Waals surface area contributed by atoms with E-state index in [-0.39, 0.29) is 16.9 Å². The summed E-state index contributed by atoms with van der Waals surface area (Å²) in [6.45, 7) is 12.1. The van der Waals surface area contributed by atoms with Gasteiger partial charge in [-0.2, -0.15) is 0 Å². The van der Waals surface area contributed by atoms with Crippen LogP contribution >= 0.6 is 0 Å². The molecule has 0 rings (SSSR count). The average Bonchev–Trinajstić information content (AvgIpc) is 1.97. The molecule has 0 bridgehead atoms. The molecule has 2 heteroatoms. The molecule has 0 aliphatic rings. The van der Waals surface area contributed by atoms with E-state index >= 15 is 0 Å². The van der Waals surface area contributed by atoms with Gasteiger partial charge >= 0.3 is 0 Å². The van der Waals surface area contributed by atoms with Gasteiger partial charge in [-0.05, 0) is 18.3 Å². The van der Waals surface area contributed by atoms with Crippen molar-refractivity contribution in [1.29, 1.82) is 5.41 Å². The fourth-order valence-corrected chi connectivity index (χ4v) is 1.98. The summed E-state index contributed by atoms with van der Waals surface area (Å²) in [7, 11) is 0. The van der Waals surface area contributed by atoms with Gasteiger partial charge in [-0.1, -0.05) is 41.5 Å². The van der Waals surface area contributed by atoms with Crippen molar-refractivity contribution in [3.63, 3.8) is 0 Å². The van der Waals surface area contributed by atoms with Crippen molar-refractivity contribution in [2.45, 2.75) is 54.4 Å². The van der Waals surface area contributed by atoms with Crippen molar-refractivity contribution in [2.24, 2.45) is 10.8 Å². The van der Waals surface area contributed by atoms with E-state index in [1.807, 2.05) is 20.8 Å². The number of ketones is 1. The van der Waals surface area contributed by atoms with Gasteiger partial charge in [0.15, 0.2) is 5.78 Å². The van der Waals surface area contributed by atoms with Gasteiger partial charge < -0.3 is 5.41 Å². The summed E-state index contributed by atoms with van der Waals surface area (Å²) in [5.74, 6) is -0.00470. The summed E-state index contributed by atoms with van der Waals surface area (Å²) in [6, 6.07) is 0. The van der Waals surface area contributed by atoms with Crippen molar-refractivity contribution in [3.05, 3.63) is 0 Å².